The van der Waals surface area contributed by atoms with Crippen molar-refractivity contribution in [3.8, 4) is 0 Å². The topological polar surface area (TPSA) is 71.1 Å². The molecule has 0 fully saturated rings. The Morgan fingerprint density at radius 1 is 1.26 bits per heavy atom. The maximum absolute atomic E-state index is 13.5. The van der Waals surface area contributed by atoms with Crippen LogP contribution in [0.2, 0.25) is 0 Å². The number of rotatable bonds is 3. The average molecular weight is 261 g/mol. The van der Waals surface area contributed by atoms with Crippen LogP contribution < -0.4 is 10.6 Å². The molecule has 1 heterocycles. The van der Waals surface area contributed by atoms with Gasteiger partial charge in [-0.15, -0.1) is 0 Å². The molecule has 1 aromatic heterocycles. The first-order valence-corrected chi connectivity index (χ1v) is 5.66. The highest BCUT2D eigenvalue weighted by Gasteiger charge is 2.10. The Bertz CT molecular complexity index is 643. The van der Waals surface area contributed by atoms with Crippen molar-refractivity contribution in [3.05, 3.63) is 41.8 Å². The lowest BCUT2D eigenvalue weighted by atomic mass is 10.2. The summed E-state index contributed by atoms with van der Waals surface area (Å²) in [7, 11) is 1.47. The number of hydrogen-bond acceptors (Lipinski definition) is 3. The lowest BCUT2D eigenvalue weighted by Crippen LogP contribution is -2.35. The molecule has 1 aromatic carbocycles. The number of halogens is 1. The molecule has 19 heavy (non-hydrogen) atoms. The molecule has 0 aliphatic heterocycles. The van der Waals surface area contributed by atoms with Gasteiger partial charge in [0, 0.05) is 12.4 Å². The number of fused-ring (bicyclic) bond motifs is 1. The second kappa shape index (κ2) is 5.43. The van der Waals surface area contributed by atoms with E-state index in [1.807, 2.05) is 0 Å². The minimum Gasteiger partial charge on any atom is -0.358 e. The van der Waals surface area contributed by atoms with Gasteiger partial charge in [0.2, 0.25) is 5.91 Å². The molecule has 2 N–H and O–H groups in total. The Labute approximate surface area is 108 Å². The summed E-state index contributed by atoms with van der Waals surface area (Å²) < 4.78 is 13.5. The molecule has 0 unspecified atom stereocenters. The highest BCUT2D eigenvalue weighted by atomic mass is 19.1. The van der Waals surface area contributed by atoms with Gasteiger partial charge in [0.25, 0.3) is 5.91 Å². The van der Waals surface area contributed by atoms with Crippen LogP contribution in [0.4, 0.5) is 4.39 Å². The number of benzene rings is 1. The fourth-order valence-corrected chi connectivity index (χ4v) is 1.58. The molecule has 2 amide bonds. The first-order chi connectivity index (χ1) is 9.11. The second-order valence-electron chi connectivity index (χ2n) is 3.86. The van der Waals surface area contributed by atoms with Crippen molar-refractivity contribution in [1.29, 1.82) is 0 Å². The quantitative estimate of drug-likeness (QED) is 0.860. The molecular weight excluding hydrogens is 249 g/mol. The van der Waals surface area contributed by atoms with E-state index in [1.54, 1.807) is 18.2 Å². The number of nitrogens with zero attached hydrogens (tertiary/aromatic N) is 1. The smallest absolute Gasteiger partial charge is 0.270 e. The summed E-state index contributed by atoms with van der Waals surface area (Å²) in [5.74, 6) is -1.33. The number of likely N-dealkylation sites (N-methyl/N-ethyl adjacent to an activating group) is 1. The van der Waals surface area contributed by atoms with E-state index < -0.39 is 11.7 Å². The van der Waals surface area contributed by atoms with E-state index in [1.165, 1.54) is 19.2 Å². The van der Waals surface area contributed by atoms with Crippen molar-refractivity contribution < 1.29 is 14.0 Å². The van der Waals surface area contributed by atoms with Gasteiger partial charge in [-0.05, 0) is 12.1 Å². The van der Waals surface area contributed by atoms with E-state index in [4.69, 9.17) is 0 Å². The van der Waals surface area contributed by atoms with Gasteiger partial charge in [0.1, 0.15) is 17.0 Å². The molecule has 0 saturated carbocycles. The lowest BCUT2D eigenvalue weighted by Gasteiger charge is -2.05. The summed E-state index contributed by atoms with van der Waals surface area (Å²) in [6, 6.07) is 7.66. The third-order valence-corrected chi connectivity index (χ3v) is 2.59. The normalized spacial score (nSPS) is 10.2. The fraction of sp³-hybridized carbons (Fsp3) is 0.154. The van der Waals surface area contributed by atoms with Gasteiger partial charge in [-0.2, -0.15) is 0 Å². The molecule has 2 rings (SSSR count). The van der Waals surface area contributed by atoms with Crippen LogP contribution in [0.1, 0.15) is 10.5 Å². The zero-order chi connectivity index (χ0) is 13.8. The third-order valence-electron chi connectivity index (χ3n) is 2.59. The van der Waals surface area contributed by atoms with E-state index in [2.05, 4.69) is 15.6 Å². The van der Waals surface area contributed by atoms with Crippen molar-refractivity contribution in [2.75, 3.05) is 13.6 Å². The minimum atomic E-state index is -0.520. The number of pyridine rings is 1. The van der Waals surface area contributed by atoms with Gasteiger partial charge in [-0.25, -0.2) is 9.37 Å². The van der Waals surface area contributed by atoms with Crippen LogP contribution in [0.3, 0.4) is 0 Å². The number of carbonyl (C=O) groups is 2. The summed E-state index contributed by atoms with van der Waals surface area (Å²) in [6.45, 7) is -0.147. The maximum Gasteiger partial charge on any atom is 0.270 e. The fourth-order valence-electron chi connectivity index (χ4n) is 1.58. The first kappa shape index (κ1) is 12.9. The van der Waals surface area contributed by atoms with Crippen molar-refractivity contribution in [2.24, 2.45) is 0 Å². The van der Waals surface area contributed by atoms with Crippen molar-refractivity contribution >= 4 is 22.7 Å². The molecular formula is C13H12FN3O2. The Kier molecular flexibility index (Phi) is 3.70. The summed E-state index contributed by atoms with van der Waals surface area (Å²) in [5, 5.41) is 5.39. The Hall–Kier alpha value is -2.50. The molecule has 0 spiro atoms. The van der Waals surface area contributed by atoms with Crippen LogP contribution in [0.5, 0.6) is 0 Å². The van der Waals surface area contributed by atoms with Crippen LogP contribution in [-0.2, 0) is 4.79 Å². The van der Waals surface area contributed by atoms with Crippen LogP contribution in [0.15, 0.2) is 30.3 Å². The van der Waals surface area contributed by atoms with Crippen LogP contribution >= 0.6 is 0 Å². The minimum absolute atomic E-state index is 0.0708. The second-order valence-corrected chi connectivity index (χ2v) is 3.86. The van der Waals surface area contributed by atoms with E-state index >= 15 is 0 Å². The number of carbonyl (C=O) groups excluding carboxylic acids is 2. The number of para-hydroxylation sites is 1. The molecule has 2 aromatic rings. The molecule has 0 saturated heterocycles. The molecule has 0 atom stereocenters. The Morgan fingerprint density at radius 3 is 2.79 bits per heavy atom. The maximum atomic E-state index is 13.5. The Morgan fingerprint density at radius 2 is 2.05 bits per heavy atom. The van der Waals surface area contributed by atoms with Gasteiger partial charge in [-0.3, -0.25) is 9.59 Å². The van der Waals surface area contributed by atoms with E-state index in [0.29, 0.717) is 5.39 Å². The first-order valence-electron chi connectivity index (χ1n) is 5.66. The largest absolute Gasteiger partial charge is 0.358 e. The Balaban J connectivity index is 2.23. The van der Waals surface area contributed by atoms with Gasteiger partial charge >= 0.3 is 0 Å². The molecule has 6 heteroatoms. The highest BCUT2D eigenvalue weighted by Crippen LogP contribution is 2.15. The van der Waals surface area contributed by atoms with Crippen LogP contribution in [-0.4, -0.2) is 30.4 Å². The number of nitrogens with one attached hydrogen (secondary N) is 2. The van der Waals surface area contributed by atoms with Crippen molar-refractivity contribution in [2.45, 2.75) is 0 Å². The standard InChI is InChI=1S/C13H12FN3O2/c1-15-11(18)7-16-13(19)10-6-5-8-3-2-4-9(14)12(8)17-10/h2-6H,7H2,1H3,(H,15,18)(H,16,19). The number of aromatic nitrogens is 1. The van der Waals surface area contributed by atoms with Gasteiger partial charge in [-0.1, -0.05) is 18.2 Å². The van der Waals surface area contributed by atoms with Crippen LogP contribution in [0.25, 0.3) is 10.9 Å². The van der Waals surface area contributed by atoms with E-state index in [9.17, 15) is 14.0 Å². The third kappa shape index (κ3) is 2.85. The van der Waals surface area contributed by atoms with E-state index in [-0.39, 0.29) is 23.7 Å². The summed E-state index contributed by atoms with van der Waals surface area (Å²) in [4.78, 5) is 26.7. The molecule has 98 valence electrons. The van der Waals surface area contributed by atoms with Gasteiger partial charge in [0.05, 0.1) is 6.54 Å². The molecule has 0 bridgehead atoms. The predicted octanol–water partition coefficient (Wildman–Crippen LogP) is 0.850. The van der Waals surface area contributed by atoms with E-state index in [0.717, 1.165) is 0 Å². The molecule has 0 aliphatic rings. The van der Waals surface area contributed by atoms with Gasteiger partial charge in [0.15, 0.2) is 0 Å². The average Bonchev–Trinajstić information content (AvgIpc) is 2.44. The highest BCUT2D eigenvalue weighted by molar-refractivity contribution is 5.96. The molecule has 0 aliphatic carbocycles. The summed E-state index contributed by atoms with van der Waals surface area (Å²) in [6.07, 6.45) is 0. The zero-order valence-electron chi connectivity index (χ0n) is 10.2. The zero-order valence-corrected chi connectivity index (χ0v) is 10.2. The molecule has 0 radical (unpaired) electrons. The SMILES string of the molecule is CNC(=O)CNC(=O)c1ccc2cccc(F)c2n1. The lowest BCUT2D eigenvalue weighted by molar-refractivity contribution is -0.119. The number of amides is 2. The van der Waals surface area contributed by atoms with Crippen LogP contribution in [0, 0.1) is 5.82 Å². The summed E-state index contributed by atoms with van der Waals surface area (Å²) in [5.41, 5.74) is 0.205. The summed E-state index contributed by atoms with van der Waals surface area (Å²) >= 11 is 0. The monoisotopic (exact) mass is 261 g/mol. The van der Waals surface area contributed by atoms with Gasteiger partial charge < -0.3 is 10.6 Å². The van der Waals surface area contributed by atoms with Crippen molar-refractivity contribution in [1.82, 2.24) is 15.6 Å². The van der Waals surface area contributed by atoms with Crippen molar-refractivity contribution in [3.63, 3.8) is 0 Å². The number of hydrogen-bond donors (Lipinski definition) is 2. The predicted molar refractivity (Wildman–Crippen MR) is 68.1 cm³/mol. The molecule has 5 nitrogen and oxygen atoms in total.